The normalized spacial score (nSPS) is 42.1. The van der Waals surface area contributed by atoms with Gasteiger partial charge in [-0.05, 0) is 125 Å². The van der Waals surface area contributed by atoms with Crippen molar-refractivity contribution in [2.75, 3.05) is 5.73 Å². The molecule has 0 spiro atoms. The first kappa shape index (κ1) is 25.3. The summed E-state index contributed by atoms with van der Waals surface area (Å²) in [4.78, 5) is 5.53. The standard InChI is InChI=1S/C32H48N6S/c1-30(2,28-8-25(37-38-28)16-35-31-9-19-3-20(10-31)5-21(4-19)11-31)15-27-23-6-22-7-24(27)14-32(12-22,13-23)36-18-26-17-34-29(33)39-26/h8,17,19-24,27,35-36H,3-7,9-16,18H2,1-2H3,(H2,33,34)(H,37,38). The zero-order valence-corrected chi connectivity index (χ0v) is 24.8. The van der Waals surface area contributed by atoms with Crippen LogP contribution in [0.25, 0.3) is 0 Å². The molecular weight excluding hydrogens is 500 g/mol. The SMILES string of the molecule is CC(C)(CC1C2CC3CC1CC(NCc1cnc(N)s1)(C3)C2)c1cc(CNC23CC4CC(CC(C4)C2)C3)[nH]n1. The van der Waals surface area contributed by atoms with Gasteiger partial charge in [0.1, 0.15) is 0 Å². The van der Waals surface area contributed by atoms with Gasteiger partial charge >= 0.3 is 0 Å². The first-order valence-corrected chi connectivity index (χ1v) is 16.8. The van der Waals surface area contributed by atoms with Crippen LogP contribution in [0.4, 0.5) is 5.13 Å². The lowest BCUT2D eigenvalue weighted by Crippen LogP contribution is -2.61. The largest absolute Gasteiger partial charge is 0.375 e. The molecule has 0 aliphatic heterocycles. The highest BCUT2D eigenvalue weighted by molar-refractivity contribution is 7.15. The van der Waals surface area contributed by atoms with Crippen molar-refractivity contribution in [2.24, 2.45) is 41.4 Å². The number of nitrogens with two attached hydrogens (primary N) is 1. The summed E-state index contributed by atoms with van der Waals surface area (Å²) in [7, 11) is 0. The smallest absolute Gasteiger partial charge is 0.180 e. The van der Waals surface area contributed by atoms with Crippen molar-refractivity contribution >= 4 is 16.5 Å². The number of nitrogens with zero attached hydrogens (tertiary/aromatic N) is 2. The summed E-state index contributed by atoms with van der Waals surface area (Å²) in [6.07, 6.45) is 18.9. The molecule has 8 bridgehead atoms. The lowest BCUT2D eigenvalue weighted by Gasteiger charge is -2.61. The van der Waals surface area contributed by atoms with E-state index >= 15 is 0 Å². The maximum Gasteiger partial charge on any atom is 0.180 e. The Kier molecular flexibility index (Phi) is 5.85. The van der Waals surface area contributed by atoms with Gasteiger partial charge in [-0.1, -0.05) is 13.8 Å². The second-order valence-electron chi connectivity index (χ2n) is 15.9. The fraction of sp³-hybridized carbons (Fsp3) is 0.812. The third kappa shape index (κ3) is 4.59. The molecule has 2 atom stereocenters. The number of hydrogen-bond donors (Lipinski definition) is 4. The molecule has 0 saturated heterocycles. The van der Waals surface area contributed by atoms with Crippen molar-refractivity contribution in [3.05, 3.63) is 28.5 Å². The number of rotatable bonds is 9. The molecule has 2 heterocycles. The van der Waals surface area contributed by atoms with Crippen LogP contribution >= 0.6 is 11.3 Å². The Hall–Kier alpha value is -1.44. The zero-order chi connectivity index (χ0) is 26.4. The van der Waals surface area contributed by atoms with E-state index in [1.54, 1.807) is 11.3 Å². The number of thiazole rings is 1. The lowest BCUT2D eigenvalue weighted by molar-refractivity contribution is -0.0753. The monoisotopic (exact) mass is 548 g/mol. The maximum atomic E-state index is 5.89. The van der Waals surface area contributed by atoms with E-state index in [9.17, 15) is 0 Å². The van der Waals surface area contributed by atoms with Gasteiger partial charge < -0.3 is 16.4 Å². The summed E-state index contributed by atoms with van der Waals surface area (Å²) in [5, 5.41) is 17.2. The highest BCUT2D eigenvalue weighted by atomic mass is 32.1. The Labute approximate surface area is 238 Å². The summed E-state index contributed by atoms with van der Waals surface area (Å²) >= 11 is 1.63. The van der Waals surface area contributed by atoms with E-state index in [0.717, 1.165) is 54.5 Å². The fourth-order valence-corrected chi connectivity index (χ4v) is 12.1. The van der Waals surface area contributed by atoms with Crippen molar-refractivity contribution in [1.29, 1.82) is 0 Å². The van der Waals surface area contributed by atoms with E-state index in [-0.39, 0.29) is 5.41 Å². The molecule has 8 saturated carbocycles. The van der Waals surface area contributed by atoms with Gasteiger partial charge in [-0.15, -0.1) is 11.3 Å². The molecule has 2 aromatic heterocycles. The number of hydrogen-bond acceptors (Lipinski definition) is 6. The van der Waals surface area contributed by atoms with Crippen LogP contribution < -0.4 is 16.4 Å². The minimum Gasteiger partial charge on any atom is -0.375 e. The van der Waals surface area contributed by atoms with Gasteiger partial charge in [0.2, 0.25) is 0 Å². The van der Waals surface area contributed by atoms with Crippen LogP contribution in [-0.4, -0.2) is 26.3 Å². The highest BCUT2D eigenvalue weighted by Crippen LogP contribution is 2.60. The Bertz CT molecular complexity index is 1160. The summed E-state index contributed by atoms with van der Waals surface area (Å²) in [6, 6.07) is 2.40. The number of aromatic nitrogens is 3. The molecule has 6 nitrogen and oxygen atoms in total. The first-order valence-electron chi connectivity index (χ1n) is 16.0. The van der Waals surface area contributed by atoms with Crippen LogP contribution in [0.3, 0.4) is 0 Å². The Balaban J connectivity index is 0.910. The van der Waals surface area contributed by atoms with Crippen LogP contribution in [0.1, 0.15) is 107 Å². The second-order valence-corrected chi connectivity index (χ2v) is 17.0. The summed E-state index contributed by atoms with van der Waals surface area (Å²) < 4.78 is 0. The molecule has 8 aliphatic rings. The van der Waals surface area contributed by atoms with E-state index < -0.39 is 0 Å². The molecule has 8 fully saturated rings. The van der Waals surface area contributed by atoms with Gasteiger partial charge in [0.05, 0.1) is 5.69 Å². The third-order valence-electron chi connectivity index (χ3n) is 12.4. The second kappa shape index (κ2) is 9.03. The van der Waals surface area contributed by atoms with E-state index in [0.29, 0.717) is 16.2 Å². The number of H-pyrrole nitrogens is 1. The molecule has 2 aromatic rings. The van der Waals surface area contributed by atoms with Gasteiger partial charge in [-0.3, -0.25) is 5.10 Å². The van der Waals surface area contributed by atoms with E-state index in [1.165, 1.54) is 93.3 Å². The molecule has 7 heteroatoms. The summed E-state index contributed by atoms with van der Waals surface area (Å²) in [5.41, 5.74) is 9.29. The average molecular weight is 549 g/mol. The maximum absolute atomic E-state index is 5.89. The Morgan fingerprint density at radius 3 is 2.10 bits per heavy atom. The average Bonchev–Trinajstić information content (AvgIpc) is 3.52. The van der Waals surface area contributed by atoms with Crippen LogP contribution in [-0.2, 0) is 18.5 Å². The van der Waals surface area contributed by atoms with Crippen molar-refractivity contribution in [3.8, 4) is 0 Å². The topological polar surface area (TPSA) is 91.6 Å². The molecule has 0 radical (unpaired) electrons. The zero-order valence-electron chi connectivity index (χ0n) is 24.0. The predicted molar refractivity (Wildman–Crippen MR) is 157 cm³/mol. The molecular formula is C32H48N6S. The lowest BCUT2D eigenvalue weighted by atomic mass is 9.47. The van der Waals surface area contributed by atoms with Crippen molar-refractivity contribution < 1.29 is 0 Å². The van der Waals surface area contributed by atoms with E-state index in [2.05, 4.69) is 40.6 Å². The Morgan fingerprint density at radius 1 is 0.897 bits per heavy atom. The van der Waals surface area contributed by atoms with Gasteiger partial charge in [0.25, 0.3) is 0 Å². The third-order valence-corrected chi connectivity index (χ3v) is 13.3. The molecule has 0 amide bonds. The van der Waals surface area contributed by atoms with Crippen molar-refractivity contribution in [3.63, 3.8) is 0 Å². The molecule has 39 heavy (non-hydrogen) atoms. The van der Waals surface area contributed by atoms with Crippen molar-refractivity contribution in [2.45, 2.75) is 120 Å². The summed E-state index contributed by atoms with van der Waals surface area (Å²) in [5.74, 6) is 6.41. The minimum atomic E-state index is 0.107. The molecule has 5 N–H and O–H groups in total. The van der Waals surface area contributed by atoms with E-state index in [1.807, 2.05) is 6.20 Å². The van der Waals surface area contributed by atoms with Crippen LogP contribution in [0.2, 0.25) is 0 Å². The van der Waals surface area contributed by atoms with Gasteiger partial charge in [-0.2, -0.15) is 5.10 Å². The number of anilines is 1. The van der Waals surface area contributed by atoms with Crippen LogP contribution in [0, 0.1) is 41.4 Å². The number of aromatic amines is 1. The predicted octanol–water partition coefficient (Wildman–Crippen LogP) is 6.16. The van der Waals surface area contributed by atoms with Gasteiger partial charge in [0.15, 0.2) is 5.13 Å². The Morgan fingerprint density at radius 2 is 1.49 bits per heavy atom. The first-order chi connectivity index (χ1) is 18.7. The minimum absolute atomic E-state index is 0.107. The number of nitrogen functional groups attached to an aromatic ring is 1. The van der Waals surface area contributed by atoms with Crippen LogP contribution in [0.15, 0.2) is 12.3 Å². The quantitative estimate of drug-likeness (QED) is 0.301. The molecule has 212 valence electrons. The number of nitrogens with one attached hydrogen (secondary N) is 3. The van der Waals surface area contributed by atoms with E-state index in [4.69, 9.17) is 10.8 Å². The highest BCUT2D eigenvalue weighted by Gasteiger charge is 2.56. The molecule has 2 unspecified atom stereocenters. The summed E-state index contributed by atoms with van der Waals surface area (Å²) in [6.45, 7) is 6.77. The molecule has 10 rings (SSSR count). The van der Waals surface area contributed by atoms with Crippen LogP contribution in [0.5, 0.6) is 0 Å². The molecule has 8 aliphatic carbocycles. The molecule has 0 aromatic carbocycles. The van der Waals surface area contributed by atoms with Crippen molar-refractivity contribution in [1.82, 2.24) is 25.8 Å². The van der Waals surface area contributed by atoms with Gasteiger partial charge in [0, 0.05) is 46.4 Å². The fourth-order valence-electron chi connectivity index (χ4n) is 11.5. The van der Waals surface area contributed by atoms with Gasteiger partial charge in [-0.25, -0.2) is 4.98 Å².